The molecule has 0 saturated carbocycles. The fourth-order valence-electron chi connectivity index (χ4n) is 0.760. The molecule has 0 aliphatic carbocycles. The molecule has 1 rings (SSSR count). The summed E-state index contributed by atoms with van der Waals surface area (Å²) in [4.78, 5) is 3.64. The van der Waals surface area contributed by atoms with Gasteiger partial charge in [0.25, 0.3) is 6.43 Å². The van der Waals surface area contributed by atoms with Gasteiger partial charge in [0, 0.05) is 16.2 Å². The van der Waals surface area contributed by atoms with E-state index >= 15 is 0 Å². The SMILES string of the molecule is FC(F)c1ncc(CCl)c(Br)c1I. The van der Waals surface area contributed by atoms with Crippen molar-refractivity contribution >= 4 is 50.1 Å². The van der Waals surface area contributed by atoms with Gasteiger partial charge in [0.15, 0.2) is 0 Å². The lowest BCUT2D eigenvalue weighted by molar-refractivity contribution is 0.145. The summed E-state index contributed by atoms with van der Waals surface area (Å²) in [6.45, 7) is 0. The van der Waals surface area contributed by atoms with E-state index in [1.54, 1.807) is 0 Å². The van der Waals surface area contributed by atoms with Gasteiger partial charge in [-0.3, -0.25) is 4.98 Å². The summed E-state index contributed by atoms with van der Waals surface area (Å²) < 4.78 is 25.7. The minimum absolute atomic E-state index is 0.207. The molecule has 0 atom stereocenters. The predicted octanol–water partition coefficient (Wildman–Crippen LogP) is 4.13. The summed E-state index contributed by atoms with van der Waals surface area (Å²) in [6, 6.07) is 0. The second kappa shape index (κ2) is 4.84. The largest absolute Gasteiger partial charge is 0.281 e. The summed E-state index contributed by atoms with van der Waals surface area (Å²) in [5.41, 5.74) is 0.511. The van der Waals surface area contributed by atoms with E-state index in [9.17, 15) is 8.78 Å². The van der Waals surface area contributed by atoms with Crippen molar-refractivity contribution < 1.29 is 8.78 Å². The monoisotopic (exact) mass is 381 g/mol. The van der Waals surface area contributed by atoms with E-state index < -0.39 is 6.43 Å². The second-order valence-corrected chi connectivity index (χ2v) is 4.37. The zero-order chi connectivity index (χ0) is 10.0. The third-order valence-electron chi connectivity index (χ3n) is 1.41. The molecule has 6 heteroatoms. The predicted molar refractivity (Wildman–Crippen MR) is 59.2 cm³/mol. The first-order valence-corrected chi connectivity index (χ1v) is 5.65. The highest BCUT2D eigenvalue weighted by Crippen LogP contribution is 2.31. The molecule has 1 aromatic rings. The summed E-state index contributed by atoms with van der Waals surface area (Å²) in [6.07, 6.45) is -1.19. The van der Waals surface area contributed by atoms with Crippen molar-refractivity contribution in [3.05, 3.63) is 25.5 Å². The summed E-state index contributed by atoms with van der Waals surface area (Å²) in [7, 11) is 0. The number of alkyl halides is 3. The van der Waals surface area contributed by atoms with Crippen molar-refractivity contribution in [1.29, 1.82) is 0 Å². The summed E-state index contributed by atoms with van der Waals surface area (Å²) in [5.74, 6) is 0.257. The fourth-order valence-corrected chi connectivity index (χ4v) is 2.29. The first-order chi connectivity index (χ1) is 6.07. The van der Waals surface area contributed by atoms with Crippen LogP contribution in [0.15, 0.2) is 10.7 Å². The van der Waals surface area contributed by atoms with Crippen LogP contribution in [0.5, 0.6) is 0 Å². The molecule has 13 heavy (non-hydrogen) atoms. The molecule has 0 fully saturated rings. The maximum Gasteiger partial charge on any atom is 0.281 e. The molecular weight excluding hydrogens is 378 g/mol. The van der Waals surface area contributed by atoms with Gasteiger partial charge in [0.1, 0.15) is 5.69 Å². The molecule has 1 heterocycles. The van der Waals surface area contributed by atoms with Crippen LogP contribution in [-0.2, 0) is 5.88 Å². The molecule has 72 valence electrons. The number of pyridine rings is 1. The first kappa shape index (κ1) is 11.6. The minimum Gasteiger partial charge on any atom is -0.254 e. The number of hydrogen-bond donors (Lipinski definition) is 0. The number of aromatic nitrogens is 1. The van der Waals surface area contributed by atoms with Gasteiger partial charge < -0.3 is 0 Å². The zero-order valence-electron chi connectivity index (χ0n) is 6.20. The summed E-state index contributed by atoms with van der Waals surface area (Å²) in [5, 5.41) is 0. The van der Waals surface area contributed by atoms with Crippen LogP contribution in [0, 0.1) is 3.57 Å². The van der Waals surface area contributed by atoms with E-state index in [2.05, 4.69) is 20.9 Å². The Hall–Kier alpha value is 0.510. The fraction of sp³-hybridized carbons (Fsp3) is 0.286. The van der Waals surface area contributed by atoms with E-state index in [1.165, 1.54) is 6.20 Å². The number of nitrogens with zero attached hydrogens (tertiary/aromatic N) is 1. The summed E-state index contributed by atoms with van der Waals surface area (Å²) >= 11 is 10.6. The van der Waals surface area contributed by atoms with Crippen molar-refractivity contribution in [3.8, 4) is 0 Å². The molecule has 0 radical (unpaired) electrons. The highest BCUT2D eigenvalue weighted by atomic mass is 127. The average molecular weight is 382 g/mol. The highest BCUT2D eigenvalue weighted by Gasteiger charge is 2.17. The van der Waals surface area contributed by atoms with Gasteiger partial charge in [-0.1, -0.05) is 0 Å². The van der Waals surface area contributed by atoms with E-state index in [0.29, 0.717) is 8.04 Å². The third kappa shape index (κ3) is 2.50. The van der Waals surface area contributed by atoms with Crippen LogP contribution >= 0.6 is 50.1 Å². The quantitative estimate of drug-likeness (QED) is 0.554. The van der Waals surface area contributed by atoms with Crippen LogP contribution in [0.2, 0.25) is 0 Å². The number of hydrogen-bond acceptors (Lipinski definition) is 1. The Morgan fingerprint density at radius 1 is 1.62 bits per heavy atom. The van der Waals surface area contributed by atoms with Gasteiger partial charge in [-0.15, -0.1) is 11.6 Å². The van der Waals surface area contributed by atoms with Gasteiger partial charge >= 0.3 is 0 Å². The maximum absolute atomic E-state index is 12.3. The van der Waals surface area contributed by atoms with E-state index in [1.807, 2.05) is 22.6 Å². The van der Waals surface area contributed by atoms with E-state index in [-0.39, 0.29) is 11.6 Å². The standard InChI is InChI=1S/C7H4BrClF2IN/c8-4-3(1-9)2-13-6(5(4)12)7(10)11/h2,7H,1H2. The zero-order valence-corrected chi connectivity index (χ0v) is 10.7. The van der Waals surface area contributed by atoms with Crippen molar-refractivity contribution in [2.24, 2.45) is 0 Å². The van der Waals surface area contributed by atoms with Crippen LogP contribution in [0.1, 0.15) is 17.7 Å². The Balaban J connectivity index is 3.23. The first-order valence-electron chi connectivity index (χ1n) is 3.24. The third-order valence-corrected chi connectivity index (χ3v) is 4.44. The molecule has 0 aromatic carbocycles. The number of rotatable bonds is 2. The second-order valence-electron chi connectivity index (χ2n) is 2.23. The van der Waals surface area contributed by atoms with Crippen LogP contribution in [0.25, 0.3) is 0 Å². The molecule has 0 aliphatic heterocycles. The average Bonchev–Trinajstić information content (AvgIpc) is 2.09. The van der Waals surface area contributed by atoms with Crippen molar-refractivity contribution in [3.63, 3.8) is 0 Å². The molecule has 0 unspecified atom stereocenters. The molecule has 1 aromatic heterocycles. The van der Waals surface area contributed by atoms with Crippen molar-refractivity contribution in [2.45, 2.75) is 12.3 Å². The molecule has 0 saturated heterocycles. The van der Waals surface area contributed by atoms with Gasteiger partial charge in [-0.2, -0.15) is 0 Å². The minimum atomic E-state index is -2.55. The van der Waals surface area contributed by atoms with Crippen molar-refractivity contribution in [2.75, 3.05) is 0 Å². The Morgan fingerprint density at radius 3 is 2.69 bits per heavy atom. The Kier molecular flexibility index (Phi) is 4.31. The van der Waals surface area contributed by atoms with Crippen LogP contribution in [0.3, 0.4) is 0 Å². The van der Waals surface area contributed by atoms with Gasteiger partial charge in [-0.25, -0.2) is 8.78 Å². The molecule has 0 aliphatic rings. The van der Waals surface area contributed by atoms with Gasteiger partial charge in [0.2, 0.25) is 0 Å². The molecule has 0 bridgehead atoms. The lowest BCUT2D eigenvalue weighted by Crippen LogP contribution is -1.98. The smallest absolute Gasteiger partial charge is 0.254 e. The molecular formula is C7H4BrClF2IN. The lowest BCUT2D eigenvalue weighted by atomic mass is 10.3. The highest BCUT2D eigenvalue weighted by molar-refractivity contribution is 14.1. The topological polar surface area (TPSA) is 12.9 Å². The number of halogens is 5. The van der Waals surface area contributed by atoms with Crippen LogP contribution in [0.4, 0.5) is 8.78 Å². The molecule has 1 nitrogen and oxygen atoms in total. The Bertz CT molecular complexity index is 322. The normalized spacial score (nSPS) is 10.9. The Labute approximate surface area is 101 Å². The maximum atomic E-state index is 12.3. The van der Waals surface area contributed by atoms with Gasteiger partial charge in [-0.05, 0) is 38.5 Å². The van der Waals surface area contributed by atoms with E-state index in [4.69, 9.17) is 11.6 Å². The Morgan fingerprint density at radius 2 is 2.23 bits per heavy atom. The molecule has 0 N–H and O–H groups in total. The van der Waals surface area contributed by atoms with Crippen LogP contribution in [-0.4, -0.2) is 4.98 Å². The molecule has 0 spiro atoms. The van der Waals surface area contributed by atoms with E-state index in [0.717, 1.165) is 5.56 Å². The van der Waals surface area contributed by atoms with Crippen LogP contribution < -0.4 is 0 Å². The van der Waals surface area contributed by atoms with Crippen molar-refractivity contribution in [1.82, 2.24) is 4.98 Å². The van der Waals surface area contributed by atoms with Gasteiger partial charge in [0.05, 0.1) is 9.45 Å². The lowest BCUT2D eigenvalue weighted by Gasteiger charge is -2.07. The molecule has 0 amide bonds.